The van der Waals surface area contributed by atoms with E-state index in [-0.39, 0.29) is 35.5 Å². The van der Waals surface area contributed by atoms with Crippen molar-refractivity contribution in [2.75, 3.05) is 57.7 Å². The molecular formula is C17H24FN5O3. The molecule has 0 spiro atoms. The van der Waals surface area contributed by atoms with Gasteiger partial charge in [-0.15, -0.1) is 0 Å². The molecule has 2 aromatic rings. The lowest BCUT2D eigenvalue weighted by atomic mass is 10.2. The number of rotatable bonds is 6. The van der Waals surface area contributed by atoms with Crippen molar-refractivity contribution in [3.05, 3.63) is 11.9 Å². The van der Waals surface area contributed by atoms with E-state index in [9.17, 15) is 0 Å². The Morgan fingerprint density at radius 2 is 2.15 bits per heavy atom. The van der Waals surface area contributed by atoms with Gasteiger partial charge in [-0.3, -0.25) is 0 Å². The van der Waals surface area contributed by atoms with E-state index in [1.165, 1.54) is 7.11 Å². The van der Waals surface area contributed by atoms with Gasteiger partial charge >= 0.3 is 0 Å². The zero-order valence-electron chi connectivity index (χ0n) is 15.2. The summed E-state index contributed by atoms with van der Waals surface area (Å²) in [5.74, 6) is 0.236. The second kappa shape index (κ2) is 7.88. The monoisotopic (exact) mass is 365 g/mol. The van der Waals surface area contributed by atoms with Crippen LogP contribution in [0.2, 0.25) is 0 Å². The number of hydrogen-bond acceptors (Lipinski definition) is 8. The first-order chi connectivity index (χ1) is 12.6. The maximum Gasteiger partial charge on any atom is 0.228 e. The highest BCUT2D eigenvalue weighted by Gasteiger charge is 2.24. The minimum Gasteiger partial charge on any atom is -0.493 e. The Morgan fingerprint density at radius 1 is 1.35 bits per heavy atom. The maximum absolute atomic E-state index is 15.1. The molecule has 26 heavy (non-hydrogen) atoms. The third-order valence-corrected chi connectivity index (χ3v) is 4.38. The lowest BCUT2D eigenvalue weighted by Crippen LogP contribution is -2.50. The van der Waals surface area contributed by atoms with Gasteiger partial charge in [0, 0.05) is 38.2 Å². The Kier molecular flexibility index (Phi) is 5.58. The molecule has 9 heteroatoms. The molecule has 142 valence electrons. The van der Waals surface area contributed by atoms with Crippen LogP contribution in [0.25, 0.3) is 10.9 Å². The molecule has 0 unspecified atom stereocenters. The number of nitrogens with one attached hydrogen (secondary N) is 1. The van der Waals surface area contributed by atoms with E-state index < -0.39 is 5.82 Å². The number of halogens is 1. The van der Waals surface area contributed by atoms with Crippen LogP contribution in [0, 0.1) is 5.82 Å². The first-order valence-corrected chi connectivity index (χ1v) is 8.49. The fraction of sp³-hybridized carbons (Fsp3) is 0.529. The van der Waals surface area contributed by atoms with Crippen molar-refractivity contribution in [1.29, 1.82) is 0 Å². The molecule has 0 bridgehead atoms. The predicted octanol–water partition coefficient (Wildman–Crippen LogP) is 1.18. The van der Waals surface area contributed by atoms with Crippen molar-refractivity contribution in [2.24, 2.45) is 0 Å². The molecule has 1 aromatic heterocycles. The summed E-state index contributed by atoms with van der Waals surface area (Å²) >= 11 is 0. The smallest absolute Gasteiger partial charge is 0.228 e. The third-order valence-electron chi connectivity index (χ3n) is 4.38. The number of nitrogens with zero attached hydrogens (tertiary/aromatic N) is 3. The Hall–Kier alpha value is -2.39. The van der Waals surface area contributed by atoms with Crippen LogP contribution in [0.1, 0.15) is 6.92 Å². The molecule has 1 saturated heterocycles. The van der Waals surface area contributed by atoms with Gasteiger partial charge in [0.15, 0.2) is 17.3 Å². The topological polar surface area (TPSA) is 94.8 Å². The van der Waals surface area contributed by atoms with Gasteiger partial charge in [-0.25, -0.2) is 9.37 Å². The van der Waals surface area contributed by atoms with Crippen LogP contribution in [0.5, 0.6) is 11.5 Å². The Bertz CT molecular complexity index is 789. The molecule has 8 nitrogen and oxygen atoms in total. The maximum atomic E-state index is 15.1. The van der Waals surface area contributed by atoms with Gasteiger partial charge in [0.2, 0.25) is 5.95 Å². The van der Waals surface area contributed by atoms with E-state index in [1.54, 1.807) is 13.2 Å². The highest BCUT2D eigenvalue weighted by Crippen LogP contribution is 2.38. The number of nitrogens with two attached hydrogens (primary N) is 1. The molecule has 0 saturated carbocycles. The van der Waals surface area contributed by atoms with E-state index in [2.05, 4.69) is 22.2 Å². The fourth-order valence-corrected chi connectivity index (χ4v) is 2.98. The van der Waals surface area contributed by atoms with E-state index in [0.29, 0.717) is 17.9 Å². The summed E-state index contributed by atoms with van der Waals surface area (Å²) in [7, 11) is 2.99. The molecule has 0 aliphatic carbocycles. The van der Waals surface area contributed by atoms with Crippen LogP contribution in [0.4, 0.5) is 16.2 Å². The van der Waals surface area contributed by atoms with Gasteiger partial charge in [-0.2, -0.15) is 4.98 Å². The zero-order chi connectivity index (χ0) is 18.7. The van der Waals surface area contributed by atoms with Gasteiger partial charge in [0.25, 0.3) is 0 Å². The van der Waals surface area contributed by atoms with Gasteiger partial charge in [0.05, 0.1) is 13.7 Å². The lowest BCUT2D eigenvalue weighted by Gasteiger charge is -2.34. The summed E-state index contributed by atoms with van der Waals surface area (Å²) in [5, 5.41) is 3.69. The van der Waals surface area contributed by atoms with Crippen LogP contribution < -0.4 is 25.4 Å². The summed E-state index contributed by atoms with van der Waals surface area (Å²) in [5.41, 5.74) is 6.21. The van der Waals surface area contributed by atoms with Gasteiger partial charge in [-0.1, -0.05) is 0 Å². The first kappa shape index (κ1) is 18.4. The van der Waals surface area contributed by atoms with Crippen LogP contribution in [0.15, 0.2) is 6.07 Å². The molecule has 1 aliphatic rings. The minimum absolute atomic E-state index is 0.00513. The average molecular weight is 365 g/mol. The van der Waals surface area contributed by atoms with Crippen LogP contribution >= 0.6 is 0 Å². The molecule has 3 rings (SSSR count). The van der Waals surface area contributed by atoms with Gasteiger partial charge in [0.1, 0.15) is 17.9 Å². The third kappa shape index (κ3) is 3.45. The minimum atomic E-state index is -0.617. The number of hydrogen-bond donors (Lipinski definition) is 2. The number of benzene rings is 1. The highest BCUT2D eigenvalue weighted by atomic mass is 19.1. The Morgan fingerprint density at radius 3 is 2.85 bits per heavy atom. The van der Waals surface area contributed by atoms with Crippen LogP contribution in [-0.2, 0) is 4.74 Å². The van der Waals surface area contributed by atoms with Crippen molar-refractivity contribution < 1.29 is 18.6 Å². The quantitative estimate of drug-likeness (QED) is 0.737. The second-order valence-electron chi connectivity index (χ2n) is 6.11. The first-order valence-electron chi connectivity index (χ1n) is 8.49. The van der Waals surface area contributed by atoms with E-state index in [1.807, 2.05) is 4.90 Å². The van der Waals surface area contributed by atoms with E-state index in [0.717, 1.165) is 19.6 Å². The molecule has 1 fully saturated rings. The summed E-state index contributed by atoms with van der Waals surface area (Å²) in [6, 6.07) is 1.78. The normalized spacial score (nSPS) is 17.5. The summed E-state index contributed by atoms with van der Waals surface area (Å²) < 4.78 is 30.8. The Balaban J connectivity index is 2.08. The summed E-state index contributed by atoms with van der Waals surface area (Å²) in [6.45, 7) is 4.91. The number of piperazine rings is 1. The number of fused-ring (bicyclic) bond motifs is 1. The van der Waals surface area contributed by atoms with Crippen molar-refractivity contribution in [2.45, 2.75) is 13.0 Å². The molecule has 1 aromatic carbocycles. The van der Waals surface area contributed by atoms with Crippen molar-refractivity contribution in [1.82, 2.24) is 15.3 Å². The summed E-state index contributed by atoms with van der Waals surface area (Å²) in [4.78, 5) is 10.8. The number of ether oxygens (including phenoxy) is 3. The molecule has 3 N–H and O–H groups in total. The number of anilines is 2. The average Bonchev–Trinajstić information content (AvgIpc) is 2.64. The molecule has 0 radical (unpaired) electrons. The molecule has 2 heterocycles. The van der Waals surface area contributed by atoms with Crippen LogP contribution in [-0.4, -0.2) is 63.1 Å². The standard InChI is InChI=1S/C17H24FN5O3/c1-10-9-20-4-5-23(10)17-21-14-11(16(19)22-17)8-12(25-3)15(13(14)18)26-7-6-24-2/h8,10,20H,4-7,9H2,1-3H3,(H2,19,21,22)/t10-/m0/s1. The fourth-order valence-electron chi connectivity index (χ4n) is 2.98. The van der Waals surface area contributed by atoms with Gasteiger partial charge in [-0.05, 0) is 13.0 Å². The van der Waals surface area contributed by atoms with Crippen molar-refractivity contribution >= 4 is 22.7 Å². The number of nitrogen functional groups attached to an aromatic ring is 1. The zero-order valence-corrected chi connectivity index (χ0v) is 15.2. The number of methoxy groups -OCH3 is 2. The lowest BCUT2D eigenvalue weighted by molar-refractivity contribution is 0.141. The molecule has 0 amide bonds. The van der Waals surface area contributed by atoms with Crippen molar-refractivity contribution in [3.8, 4) is 11.5 Å². The van der Waals surface area contributed by atoms with E-state index in [4.69, 9.17) is 19.9 Å². The molecule has 1 aliphatic heterocycles. The largest absolute Gasteiger partial charge is 0.493 e. The highest BCUT2D eigenvalue weighted by molar-refractivity contribution is 5.92. The number of aromatic nitrogens is 2. The predicted molar refractivity (Wildman–Crippen MR) is 97.5 cm³/mol. The Labute approximate surface area is 151 Å². The van der Waals surface area contributed by atoms with Gasteiger partial charge < -0.3 is 30.2 Å². The molecular weight excluding hydrogens is 341 g/mol. The summed E-state index contributed by atoms with van der Waals surface area (Å²) in [6.07, 6.45) is 0. The van der Waals surface area contributed by atoms with Crippen molar-refractivity contribution in [3.63, 3.8) is 0 Å². The molecule has 1 atom stereocenters. The SMILES string of the molecule is COCCOc1c(OC)cc2c(N)nc(N3CCNC[C@@H]3C)nc2c1F. The van der Waals surface area contributed by atoms with Crippen LogP contribution in [0.3, 0.4) is 0 Å². The van der Waals surface area contributed by atoms with E-state index >= 15 is 4.39 Å². The second-order valence-corrected chi connectivity index (χ2v) is 6.11.